The van der Waals surface area contributed by atoms with Gasteiger partial charge in [0.25, 0.3) is 11.8 Å². The third-order valence-electron chi connectivity index (χ3n) is 4.47. The second-order valence-corrected chi connectivity index (χ2v) is 6.95. The first-order valence-corrected chi connectivity index (χ1v) is 9.34. The molecule has 0 spiro atoms. The second kappa shape index (κ2) is 7.80. The van der Waals surface area contributed by atoms with Crippen LogP contribution in [0.2, 0.25) is 0 Å². The maximum atomic E-state index is 13.1. The minimum absolute atomic E-state index is 0.101. The van der Waals surface area contributed by atoms with E-state index in [0.717, 1.165) is 28.8 Å². The zero-order chi connectivity index (χ0) is 22.2. The smallest absolute Gasteiger partial charge is 0.298 e. The van der Waals surface area contributed by atoms with Gasteiger partial charge in [-0.2, -0.15) is 18.3 Å². The van der Waals surface area contributed by atoms with Crippen LogP contribution in [0.1, 0.15) is 11.1 Å². The van der Waals surface area contributed by atoms with Crippen molar-refractivity contribution in [3.63, 3.8) is 0 Å². The zero-order valence-electron chi connectivity index (χ0n) is 15.6. The lowest BCUT2D eigenvalue weighted by Crippen LogP contribution is -2.54. The molecule has 0 saturated carbocycles. The number of para-hydroxylation sites is 1. The van der Waals surface area contributed by atoms with Gasteiger partial charge in [0.05, 0.1) is 23.1 Å². The van der Waals surface area contributed by atoms with Gasteiger partial charge in [0.2, 0.25) is 0 Å². The van der Waals surface area contributed by atoms with Crippen LogP contribution >= 0.6 is 12.2 Å². The number of benzene rings is 2. The van der Waals surface area contributed by atoms with Gasteiger partial charge in [-0.15, -0.1) is 0 Å². The second-order valence-electron chi connectivity index (χ2n) is 6.56. The Morgan fingerprint density at radius 1 is 1.00 bits per heavy atom. The third kappa shape index (κ3) is 4.10. The van der Waals surface area contributed by atoms with Crippen LogP contribution in [0.15, 0.2) is 72.6 Å². The number of rotatable bonds is 3. The number of anilines is 1. The molecule has 1 aliphatic rings. The molecule has 0 bridgehead atoms. The number of carbonyl (C=O) groups excluding carboxylic acids is 2. The molecule has 2 amide bonds. The number of halogens is 3. The SMILES string of the molecule is O=C1NC(=S)N(c2cccc(C(F)(F)F)c2)C(=O)/C1=C\c1cnn(-c2ccccc2)c1. The number of carbonyl (C=O) groups is 2. The maximum absolute atomic E-state index is 13.1. The fourth-order valence-electron chi connectivity index (χ4n) is 3.01. The van der Waals surface area contributed by atoms with Crippen LogP contribution in [0.25, 0.3) is 11.8 Å². The number of nitrogens with one attached hydrogen (secondary N) is 1. The first kappa shape index (κ1) is 20.5. The highest BCUT2D eigenvalue weighted by Crippen LogP contribution is 2.32. The lowest BCUT2D eigenvalue weighted by Gasteiger charge is -2.29. The Morgan fingerprint density at radius 3 is 2.42 bits per heavy atom. The van der Waals surface area contributed by atoms with Crippen molar-refractivity contribution < 1.29 is 22.8 Å². The van der Waals surface area contributed by atoms with Gasteiger partial charge in [-0.05, 0) is 48.6 Å². The van der Waals surface area contributed by atoms with Gasteiger partial charge in [-0.3, -0.25) is 19.8 Å². The van der Waals surface area contributed by atoms with E-state index in [9.17, 15) is 22.8 Å². The highest BCUT2D eigenvalue weighted by Gasteiger charge is 2.36. The van der Waals surface area contributed by atoms with E-state index < -0.39 is 23.6 Å². The molecule has 1 fully saturated rings. The van der Waals surface area contributed by atoms with E-state index in [0.29, 0.717) is 5.56 Å². The predicted molar refractivity (Wildman–Crippen MR) is 111 cm³/mol. The lowest BCUT2D eigenvalue weighted by atomic mass is 10.1. The average molecular weight is 442 g/mol. The summed E-state index contributed by atoms with van der Waals surface area (Å²) in [6, 6.07) is 13.3. The van der Waals surface area contributed by atoms with Gasteiger partial charge in [0.15, 0.2) is 5.11 Å². The van der Waals surface area contributed by atoms with Crippen LogP contribution in [0, 0.1) is 0 Å². The Labute approximate surface area is 179 Å². The fraction of sp³-hybridized carbons (Fsp3) is 0.0476. The topological polar surface area (TPSA) is 67.2 Å². The molecule has 1 aliphatic heterocycles. The number of aromatic nitrogens is 2. The van der Waals surface area contributed by atoms with Gasteiger partial charge >= 0.3 is 6.18 Å². The highest BCUT2D eigenvalue weighted by molar-refractivity contribution is 7.80. The Hall–Kier alpha value is -3.79. The van der Waals surface area contributed by atoms with Crippen LogP contribution in [0.5, 0.6) is 0 Å². The predicted octanol–water partition coefficient (Wildman–Crippen LogP) is 3.72. The summed E-state index contributed by atoms with van der Waals surface area (Å²) < 4.78 is 40.8. The summed E-state index contributed by atoms with van der Waals surface area (Å²) in [7, 11) is 0. The first-order chi connectivity index (χ1) is 14.7. The van der Waals surface area contributed by atoms with Crippen LogP contribution in [0.3, 0.4) is 0 Å². The molecule has 3 aromatic rings. The van der Waals surface area contributed by atoms with E-state index >= 15 is 0 Å². The van der Waals surface area contributed by atoms with Crippen LogP contribution in [0.4, 0.5) is 18.9 Å². The van der Waals surface area contributed by atoms with Crippen molar-refractivity contribution in [2.75, 3.05) is 4.90 Å². The Balaban J connectivity index is 1.68. The molecule has 0 aliphatic carbocycles. The van der Waals surface area contributed by atoms with E-state index in [1.165, 1.54) is 18.3 Å². The fourth-order valence-corrected chi connectivity index (χ4v) is 3.29. The molecule has 0 radical (unpaired) electrons. The van der Waals surface area contributed by atoms with E-state index in [1.807, 2.05) is 30.3 Å². The van der Waals surface area contributed by atoms with Gasteiger partial charge in [-0.1, -0.05) is 24.3 Å². The zero-order valence-corrected chi connectivity index (χ0v) is 16.4. The number of amides is 2. The van der Waals surface area contributed by atoms with Crippen LogP contribution < -0.4 is 10.2 Å². The van der Waals surface area contributed by atoms with Gasteiger partial charge < -0.3 is 0 Å². The normalized spacial score (nSPS) is 16.0. The van der Waals surface area contributed by atoms with E-state index in [4.69, 9.17) is 12.2 Å². The van der Waals surface area contributed by atoms with Crippen molar-refractivity contribution in [2.45, 2.75) is 6.18 Å². The minimum Gasteiger partial charge on any atom is -0.298 e. The Kier molecular flexibility index (Phi) is 5.15. The molecule has 0 atom stereocenters. The molecule has 31 heavy (non-hydrogen) atoms. The molecule has 0 unspecified atom stereocenters. The molecule has 1 aromatic heterocycles. The van der Waals surface area contributed by atoms with Crippen LogP contribution in [-0.4, -0.2) is 26.7 Å². The lowest BCUT2D eigenvalue weighted by molar-refractivity contribution is -0.137. The van der Waals surface area contributed by atoms with Gasteiger partial charge in [-0.25, -0.2) is 4.68 Å². The molecule has 1 N–H and O–H groups in total. The van der Waals surface area contributed by atoms with E-state index in [2.05, 4.69) is 10.4 Å². The molecule has 1 saturated heterocycles. The Bertz CT molecular complexity index is 1220. The van der Waals surface area contributed by atoms with Crippen molar-refractivity contribution in [3.05, 3.63) is 83.7 Å². The van der Waals surface area contributed by atoms with E-state index in [1.54, 1.807) is 10.9 Å². The molecule has 2 heterocycles. The summed E-state index contributed by atoms with van der Waals surface area (Å²) in [5, 5.41) is 6.24. The standard InChI is InChI=1S/C21H13F3N4O2S/c22-21(23,24)14-5-4-8-16(10-14)28-19(30)17(18(29)26-20(28)31)9-13-11-25-27(12-13)15-6-2-1-3-7-15/h1-12H,(H,26,29,31)/b17-9-. The largest absolute Gasteiger partial charge is 0.416 e. The van der Waals surface area contributed by atoms with Crippen molar-refractivity contribution in [1.82, 2.24) is 15.1 Å². The summed E-state index contributed by atoms with van der Waals surface area (Å²) in [4.78, 5) is 26.2. The van der Waals surface area contributed by atoms with Crippen molar-refractivity contribution in [2.24, 2.45) is 0 Å². The molecule has 2 aromatic carbocycles. The van der Waals surface area contributed by atoms with Crippen LogP contribution in [-0.2, 0) is 15.8 Å². The van der Waals surface area contributed by atoms with Crippen molar-refractivity contribution in [1.29, 1.82) is 0 Å². The molecule has 6 nitrogen and oxygen atoms in total. The average Bonchev–Trinajstić information content (AvgIpc) is 3.20. The summed E-state index contributed by atoms with van der Waals surface area (Å²) in [6.07, 6.45) is -0.205. The van der Waals surface area contributed by atoms with E-state index in [-0.39, 0.29) is 16.4 Å². The molecular formula is C21H13F3N4O2S. The quantitative estimate of drug-likeness (QED) is 0.382. The summed E-state index contributed by atoms with van der Waals surface area (Å²) in [5.74, 6) is -1.58. The summed E-state index contributed by atoms with van der Waals surface area (Å²) >= 11 is 5.03. The van der Waals surface area contributed by atoms with Crippen molar-refractivity contribution >= 4 is 40.9 Å². The van der Waals surface area contributed by atoms with Gasteiger partial charge in [0.1, 0.15) is 5.57 Å². The molecular weight excluding hydrogens is 429 g/mol. The highest BCUT2D eigenvalue weighted by atomic mass is 32.1. The summed E-state index contributed by atoms with van der Waals surface area (Å²) in [6.45, 7) is 0. The van der Waals surface area contributed by atoms with Gasteiger partial charge in [0, 0.05) is 11.8 Å². The third-order valence-corrected chi connectivity index (χ3v) is 4.75. The number of hydrogen-bond donors (Lipinski definition) is 1. The number of thiocarbonyl (C=S) groups is 1. The molecule has 10 heteroatoms. The monoisotopic (exact) mass is 442 g/mol. The molecule has 4 rings (SSSR count). The number of nitrogens with zero attached hydrogens (tertiary/aromatic N) is 3. The number of alkyl halides is 3. The minimum atomic E-state index is -4.59. The first-order valence-electron chi connectivity index (χ1n) is 8.93. The summed E-state index contributed by atoms with van der Waals surface area (Å²) in [5.41, 5.74) is -0.0843. The van der Waals surface area contributed by atoms with Crippen molar-refractivity contribution in [3.8, 4) is 5.69 Å². The number of hydrogen-bond acceptors (Lipinski definition) is 4. The Morgan fingerprint density at radius 2 is 1.71 bits per heavy atom. The molecule has 156 valence electrons. The maximum Gasteiger partial charge on any atom is 0.416 e.